The summed E-state index contributed by atoms with van der Waals surface area (Å²) in [5.74, 6) is -0.654. The number of hydrogen-bond donors (Lipinski definition) is 1. The van der Waals surface area contributed by atoms with Crippen molar-refractivity contribution >= 4 is 33.4 Å². The van der Waals surface area contributed by atoms with Crippen molar-refractivity contribution in [3.8, 4) is 0 Å². The van der Waals surface area contributed by atoms with Gasteiger partial charge >= 0.3 is 5.97 Å². The fourth-order valence-electron chi connectivity index (χ4n) is 1.86. The third kappa shape index (κ3) is 4.26. The molecule has 1 atom stereocenters. The molecule has 0 aliphatic rings. The summed E-state index contributed by atoms with van der Waals surface area (Å²) in [6.07, 6.45) is -0.00282. The monoisotopic (exact) mass is 306 g/mol. The third-order valence-corrected chi connectivity index (χ3v) is 4.01. The molecular formula is C15H18N2O3S. The van der Waals surface area contributed by atoms with Crippen LogP contribution in [0.25, 0.3) is 10.2 Å². The topological polar surface area (TPSA) is 68.3 Å². The van der Waals surface area contributed by atoms with E-state index in [4.69, 9.17) is 4.74 Å². The fourth-order valence-corrected chi connectivity index (χ4v) is 2.83. The largest absolute Gasteiger partial charge is 0.453 e. The molecule has 0 saturated carbocycles. The van der Waals surface area contributed by atoms with Crippen molar-refractivity contribution in [1.29, 1.82) is 0 Å². The van der Waals surface area contributed by atoms with Gasteiger partial charge in [-0.05, 0) is 26.0 Å². The fraction of sp³-hybridized carbons (Fsp3) is 0.400. The van der Waals surface area contributed by atoms with Gasteiger partial charge in [0, 0.05) is 13.0 Å². The van der Waals surface area contributed by atoms with E-state index in [9.17, 15) is 9.59 Å². The number of carbonyl (C=O) groups excluding carboxylic acids is 2. The van der Waals surface area contributed by atoms with Crippen molar-refractivity contribution in [2.75, 3.05) is 6.54 Å². The summed E-state index contributed by atoms with van der Waals surface area (Å²) in [6, 6.07) is 7.86. The van der Waals surface area contributed by atoms with Gasteiger partial charge in [-0.15, -0.1) is 11.3 Å². The zero-order valence-corrected chi connectivity index (χ0v) is 12.9. The number of para-hydroxylation sites is 1. The van der Waals surface area contributed by atoms with E-state index in [0.29, 0.717) is 13.0 Å². The summed E-state index contributed by atoms with van der Waals surface area (Å²) in [7, 11) is 0. The first-order chi connectivity index (χ1) is 10.1. The average molecular weight is 306 g/mol. The Hall–Kier alpha value is -1.95. The average Bonchev–Trinajstić information content (AvgIpc) is 2.88. The molecule has 112 valence electrons. The zero-order valence-electron chi connectivity index (χ0n) is 12.1. The number of rotatable bonds is 6. The SMILES string of the molecule is CCNC(=O)[C@H](C)OC(=O)CCc1nc2ccccc2s1. The van der Waals surface area contributed by atoms with E-state index in [1.807, 2.05) is 31.2 Å². The predicted octanol–water partition coefficient (Wildman–Crippen LogP) is 2.30. The van der Waals surface area contributed by atoms with E-state index < -0.39 is 6.10 Å². The van der Waals surface area contributed by atoms with Crippen LogP contribution in [0.3, 0.4) is 0 Å². The molecule has 21 heavy (non-hydrogen) atoms. The van der Waals surface area contributed by atoms with Gasteiger partial charge < -0.3 is 10.1 Å². The van der Waals surface area contributed by atoms with Crippen LogP contribution < -0.4 is 5.32 Å². The van der Waals surface area contributed by atoms with Crippen LogP contribution in [0.15, 0.2) is 24.3 Å². The van der Waals surface area contributed by atoms with Crippen molar-refractivity contribution in [1.82, 2.24) is 10.3 Å². The van der Waals surface area contributed by atoms with Gasteiger partial charge in [-0.1, -0.05) is 12.1 Å². The summed E-state index contributed by atoms with van der Waals surface area (Å²) < 4.78 is 6.19. The summed E-state index contributed by atoms with van der Waals surface area (Å²) in [5.41, 5.74) is 0.946. The molecule has 1 amide bonds. The Bertz CT molecular complexity index is 606. The molecule has 0 aliphatic heterocycles. The van der Waals surface area contributed by atoms with Crippen LogP contribution in [0.5, 0.6) is 0 Å². The van der Waals surface area contributed by atoms with Crippen LogP contribution in [0.4, 0.5) is 0 Å². The Morgan fingerprint density at radius 1 is 1.38 bits per heavy atom. The minimum Gasteiger partial charge on any atom is -0.453 e. The van der Waals surface area contributed by atoms with Crippen LogP contribution in [0.2, 0.25) is 0 Å². The number of nitrogens with zero attached hydrogens (tertiary/aromatic N) is 1. The highest BCUT2D eigenvalue weighted by Gasteiger charge is 2.17. The number of hydrogen-bond acceptors (Lipinski definition) is 5. The molecule has 5 nitrogen and oxygen atoms in total. The standard InChI is InChI=1S/C15H18N2O3S/c1-3-16-15(19)10(2)20-14(18)9-8-13-17-11-6-4-5-7-12(11)21-13/h4-7,10H,3,8-9H2,1-2H3,(H,16,19)/t10-/m0/s1. The van der Waals surface area contributed by atoms with E-state index >= 15 is 0 Å². The minimum absolute atomic E-state index is 0.226. The Morgan fingerprint density at radius 2 is 2.14 bits per heavy atom. The number of likely N-dealkylation sites (N-methyl/N-ethyl adjacent to an activating group) is 1. The lowest BCUT2D eigenvalue weighted by molar-refractivity contribution is -0.154. The number of carbonyl (C=O) groups is 2. The third-order valence-electron chi connectivity index (χ3n) is 2.91. The van der Waals surface area contributed by atoms with Crippen molar-refractivity contribution in [3.63, 3.8) is 0 Å². The number of thiazole rings is 1. The molecule has 0 saturated heterocycles. The highest BCUT2D eigenvalue weighted by molar-refractivity contribution is 7.18. The molecule has 1 N–H and O–H groups in total. The second kappa shape index (κ2) is 7.17. The molecule has 2 aromatic rings. The van der Waals surface area contributed by atoms with Gasteiger partial charge in [0.05, 0.1) is 21.6 Å². The lowest BCUT2D eigenvalue weighted by atomic mass is 10.3. The number of nitrogens with one attached hydrogen (secondary N) is 1. The molecule has 2 rings (SSSR count). The quantitative estimate of drug-likeness (QED) is 0.832. The summed E-state index contributed by atoms with van der Waals surface area (Å²) in [6.45, 7) is 3.91. The van der Waals surface area contributed by atoms with Crippen LogP contribution in [-0.2, 0) is 20.7 Å². The number of ether oxygens (including phenoxy) is 1. The molecule has 1 aromatic heterocycles. The number of aromatic nitrogens is 1. The van der Waals surface area contributed by atoms with E-state index in [-0.39, 0.29) is 18.3 Å². The molecule has 0 fully saturated rings. The number of amides is 1. The van der Waals surface area contributed by atoms with E-state index in [2.05, 4.69) is 10.3 Å². The van der Waals surface area contributed by atoms with Crippen LogP contribution in [-0.4, -0.2) is 29.5 Å². The summed E-state index contributed by atoms with van der Waals surface area (Å²) >= 11 is 1.57. The maximum absolute atomic E-state index is 11.7. The smallest absolute Gasteiger partial charge is 0.306 e. The van der Waals surface area contributed by atoms with E-state index in [1.165, 1.54) is 0 Å². The highest BCUT2D eigenvalue weighted by atomic mass is 32.1. The van der Waals surface area contributed by atoms with Gasteiger partial charge in [-0.2, -0.15) is 0 Å². The molecule has 6 heteroatoms. The van der Waals surface area contributed by atoms with Gasteiger partial charge in [0.25, 0.3) is 5.91 Å². The normalized spacial score (nSPS) is 12.1. The molecule has 0 bridgehead atoms. The van der Waals surface area contributed by atoms with Crippen molar-refractivity contribution in [2.24, 2.45) is 0 Å². The molecular weight excluding hydrogens is 288 g/mol. The maximum Gasteiger partial charge on any atom is 0.306 e. The van der Waals surface area contributed by atoms with Crippen molar-refractivity contribution in [2.45, 2.75) is 32.8 Å². The first-order valence-corrected chi connectivity index (χ1v) is 7.73. The minimum atomic E-state index is -0.757. The number of fused-ring (bicyclic) bond motifs is 1. The Balaban J connectivity index is 1.84. The van der Waals surface area contributed by atoms with Gasteiger partial charge in [-0.3, -0.25) is 9.59 Å². The second-order valence-electron chi connectivity index (χ2n) is 4.60. The van der Waals surface area contributed by atoms with Gasteiger partial charge in [0.15, 0.2) is 6.10 Å². The molecule has 0 aliphatic carbocycles. The van der Waals surface area contributed by atoms with Crippen molar-refractivity contribution < 1.29 is 14.3 Å². The lowest BCUT2D eigenvalue weighted by Crippen LogP contribution is -2.35. The Morgan fingerprint density at radius 3 is 2.86 bits per heavy atom. The van der Waals surface area contributed by atoms with E-state index in [1.54, 1.807) is 18.3 Å². The maximum atomic E-state index is 11.7. The number of benzene rings is 1. The molecule has 1 aromatic carbocycles. The van der Waals surface area contributed by atoms with Crippen LogP contribution in [0.1, 0.15) is 25.3 Å². The Labute approximate surface area is 127 Å². The predicted molar refractivity (Wildman–Crippen MR) is 82.2 cm³/mol. The Kier molecular flexibility index (Phi) is 5.27. The first-order valence-electron chi connectivity index (χ1n) is 6.91. The zero-order chi connectivity index (χ0) is 15.2. The van der Waals surface area contributed by atoms with Crippen LogP contribution in [0, 0.1) is 0 Å². The second-order valence-corrected chi connectivity index (χ2v) is 5.72. The first kappa shape index (κ1) is 15.4. The lowest BCUT2D eigenvalue weighted by Gasteiger charge is -2.12. The van der Waals surface area contributed by atoms with Gasteiger partial charge in [0.1, 0.15) is 0 Å². The highest BCUT2D eigenvalue weighted by Crippen LogP contribution is 2.22. The summed E-state index contributed by atoms with van der Waals surface area (Å²) in [5, 5.41) is 3.52. The number of esters is 1. The molecule has 0 radical (unpaired) electrons. The van der Waals surface area contributed by atoms with E-state index in [0.717, 1.165) is 15.2 Å². The molecule has 0 unspecified atom stereocenters. The molecule has 0 spiro atoms. The summed E-state index contributed by atoms with van der Waals surface area (Å²) in [4.78, 5) is 27.7. The van der Waals surface area contributed by atoms with Crippen molar-refractivity contribution in [3.05, 3.63) is 29.3 Å². The van der Waals surface area contributed by atoms with Crippen LogP contribution >= 0.6 is 11.3 Å². The molecule has 1 heterocycles. The van der Waals surface area contributed by atoms with Gasteiger partial charge in [-0.25, -0.2) is 4.98 Å². The number of aryl methyl sites for hydroxylation is 1. The van der Waals surface area contributed by atoms with Gasteiger partial charge in [0.2, 0.25) is 0 Å².